The Kier molecular flexibility index (Phi) is 3.08. The molecule has 2 atom stereocenters. The maximum absolute atomic E-state index is 9.51. The molecule has 2 heterocycles. The summed E-state index contributed by atoms with van der Waals surface area (Å²) in [5.74, 6) is 1.41. The molecular weight excluding hydrogens is 220 g/mol. The van der Waals surface area contributed by atoms with Crippen molar-refractivity contribution < 1.29 is 10.2 Å². The molecule has 0 saturated carbocycles. The zero-order valence-electron chi connectivity index (χ0n) is 10.0. The van der Waals surface area contributed by atoms with E-state index in [2.05, 4.69) is 4.98 Å². The molecule has 2 unspecified atom stereocenters. The van der Waals surface area contributed by atoms with Crippen molar-refractivity contribution >= 4 is 17.3 Å². The standard InChI is InChI=1S/C11H18N4O2/c1-14(2)11-7(12)3-4-10(13-11)15-5-8(16)9(17)6-15/h3-4,8-9,16-17H,5-6,12H2,1-2H3. The van der Waals surface area contributed by atoms with Crippen molar-refractivity contribution in [2.45, 2.75) is 12.2 Å². The van der Waals surface area contributed by atoms with E-state index in [9.17, 15) is 10.2 Å². The summed E-state index contributed by atoms with van der Waals surface area (Å²) in [6, 6.07) is 3.59. The van der Waals surface area contributed by atoms with Crippen molar-refractivity contribution in [2.24, 2.45) is 0 Å². The van der Waals surface area contributed by atoms with E-state index >= 15 is 0 Å². The first-order valence-electron chi connectivity index (χ1n) is 5.54. The fourth-order valence-corrected chi connectivity index (χ4v) is 1.94. The Morgan fingerprint density at radius 3 is 2.41 bits per heavy atom. The topological polar surface area (TPSA) is 85.9 Å². The fraction of sp³-hybridized carbons (Fsp3) is 0.545. The van der Waals surface area contributed by atoms with E-state index in [1.807, 2.05) is 23.9 Å². The molecule has 0 spiro atoms. The fourth-order valence-electron chi connectivity index (χ4n) is 1.94. The summed E-state index contributed by atoms with van der Waals surface area (Å²) in [5, 5.41) is 19.0. The van der Waals surface area contributed by atoms with Gasteiger partial charge in [0.05, 0.1) is 17.9 Å². The summed E-state index contributed by atoms with van der Waals surface area (Å²) < 4.78 is 0. The maximum atomic E-state index is 9.51. The number of aromatic nitrogens is 1. The zero-order chi connectivity index (χ0) is 12.6. The first-order chi connectivity index (χ1) is 7.99. The third kappa shape index (κ3) is 2.27. The minimum atomic E-state index is -0.711. The molecule has 0 radical (unpaired) electrons. The van der Waals surface area contributed by atoms with Crippen molar-refractivity contribution in [2.75, 3.05) is 42.7 Å². The molecule has 1 aliphatic heterocycles. The number of nitrogens with two attached hydrogens (primary N) is 1. The highest BCUT2D eigenvalue weighted by molar-refractivity contribution is 5.65. The number of anilines is 3. The lowest BCUT2D eigenvalue weighted by Gasteiger charge is -2.20. The quantitative estimate of drug-likeness (QED) is 0.630. The zero-order valence-corrected chi connectivity index (χ0v) is 10.0. The summed E-state index contributed by atoms with van der Waals surface area (Å²) in [5.41, 5.74) is 6.43. The molecule has 1 aromatic heterocycles. The lowest BCUT2D eigenvalue weighted by molar-refractivity contribution is 0.0572. The van der Waals surface area contributed by atoms with E-state index in [1.165, 1.54) is 0 Å². The van der Waals surface area contributed by atoms with Crippen LogP contribution in [0.1, 0.15) is 0 Å². The average Bonchev–Trinajstić information content (AvgIpc) is 2.59. The van der Waals surface area contributed by atoms with Gasteiger partial charge in [-0.25, -0.2) is 4.98 Å². The van der Waals surface area contributed by atoms with Crippen LogP contribution in [0.25, 0.3) is 0 Å². The Bertz CT molecular complexity index is 400. The van der Waals surface area contributed by atoms with E-state index in [-0.39, 0.29) is 0 Å². The van der Waals surface area contributed by atoms with Gasteiger partial charge in [0.15, 0.2) is 5.82 Å². The predicted octanol–water partition coefficient (Wildman–Crippen LogP) is -0.728. The van der Waals surface area contributed by atoms with Gasteiger partial charge >= 0.3 is 0 Å². The number of hydrogen-bond acceptors (Lipinski definition) is 6. The monoisotopic (exact) mass is 238 g/mol. The van der Waals surface area contributed by atoms with Crippen LogP contribution < -0.4 is 15.5 Å². The van der Waals surface area contributed by atoms with Crippen LogP contribution in [0.3, 0.4) is 0 Å². The third-order valence-electron chi connectivity index (χ3n) is 2.90. The molecule has 4 N–H and O–H groups in total. The molecule has 0 aliphatic carbocycles. The molecule has 6 heteroatoms. The van der Waals surface area contributed by atoms with Gasteiger partial charge in [-0.3, -0.25) is 0 Å². The Labute approximate surface area is 100 Å². The van der Waals surface area contributed by atoms with Gasteiger partial charge in [0, 0.05) is 27.2 Å². The molecular formula is C11H18N4O2. The molecule has 0 bridgehead atoms. The van der Waals surface area contributed by atoms with Crippen LogP contribution in [-0.2, 0) is 0 Å². The number of β-amino-alcohol motifs (C(OH)–C–C–N with tert-alkyl or cyclic N) is 2. The largest absolute Gasteiger partial charge is 0.396 e. The van der Waals surface area contributed by atoms with Gasteiger partial charge in [-0.15, -0.1) is 0 Å². The number of aliphatic hydroxyl groups is 2. The Hall–Kier alpha value is -1.53. The Morgan fingerprint density at radius 1 is 1.29 bits per heavy atom. The van der Waals surface area contributed by atoms with Crippen LogP contribution in [0.15, 0.2) is 12.1 Å². The Morgan fingerprint density at radius 2 is 1.88 bits per heavy atom. The van der Waals surface area contributed by atoms with E-state index in [4.69, 9.17) is 5.73 Å². The van der Waals surface area contributed by atoms with Crippen molar-refractivity contribution in [3.05, 3.63) is 12.1 Å². The highest BCUT2D eigenvalue weighted by Gasteiger charge is 2.30. The second-order valence-electron chi connectivity index (χ2n) is 4.52. The van der Waals surface area contributed by atoms with Gasteiger partial charge in [-0.2, -0.15) is 0 Å². The lowest BCUT2D eigenvalue weighted by Crippen LogP contribution is -2.23. The van der Waals surface area contributed by atoms with Crippen molar-refractivity contribution in [3.8, 4) is 0 Å². The average molecular weight is 238 g/mol. The number of hydrogen-bond donors (Lipinski definition) is 3. The number of aliphatic hydroxyl groups excluding tert-OH is 2. The number of nitrogens with zero attached hydrogens (tertiary/aromatic N) is 3. The van der Waals surface area contributed by atoms with Crippen molar-refractivity contribution in [1.82, 2.24) is 4.98 Å². The second-order valence-corrected chi connectivity index (χ2v) is 4.52. The van der Waals surface area contributed by atoms with Gasteiger partial charge in [-0.1, -0.05) is 0 Å². The van der Waals surface area contributed by atoms with Crippen LogP contribution in [-0.4, -0.2) is 54.6 Å². The summed E-state index contributed by atoms with van der Waals surface area (Å²) in [6.07, 6.45) is -1.42. The van der Waals surface area contributed by atoms with Crippen LogP contribution >= 0.6 is 0 Å². The number of nitrogen functional groups attached to an aromatic ring is 1. The number of rotatable bonds is 2. The minimum absolute atomic E-state index is 0.394. The molecule has 1 fully saturated rings. The minimum Gasteiger partial charge on any atom is -0.396 e. The van der Waals surface area contributed by atoms with Gasteiger partial charge in [0.2, 0.25) is 0 Å². The third-order valence-corrected chi connectivity index (χ3v) is 2.90. The predicted molar refractivity (Wildman–Crippen MR) is 67.2 cm³/mol. The van der Waals surface area contributed by atoms with Gasteiger partial charge in [-0.05, 0) is 12.1 Å². The van der Waals surface area contributed by atoms with E-state index in [0.29, 0.717) is 24.6 Å². The van der Waals surface area contributed by atoms with Crippen molar-refractivity contribution in [3.63, 3.8) is 0 Å². The molecule has 2 rings (SSSR count). The van der Waals surface area contributed by atoms with Crippen molar-refractivity contribution in [1.29, 1.82) is 0 Å². The van der Waals surface area contributed by atoms with Crippen LogP contribution in [0.4, 0.5) is 17.3 Å². The van der Waals surface area contributed by atoms with Crippen LogP contribution in [0, 0.1) is 0 Å². The van der Waals surface area contributed by atoms with E-state index < -0.39 is 12.2 Å². The van der Waals surface area contributed by atoms with Crippen LogP contribution in [0.5, 0.6) is 0 Å². The van der Waals surface area contributed by atoms with E-state index in [1.54, 1.807) is 12.1 Å². The van der Waals surface area contributed by atoms with Gasteiger partial charge < -0.3 is 25.7 Å². The maximum Gasteiger partial charge on any atom is 0.153 e. The summed E-state index contributed by atoms with van der Waals surface area (Å²) in [7, 11) is 3.74. The van der Waals surface area contributed by atoms with E-state index in [0.717, 1.165) is 5.82 Å². The molecule has 1 aromatic rings. The smallest absolute Gasteiger partial charge is 0.153 e. The van der Waals surface area contributed by atoms with Gasteiger partial charge in [0.1, 0.15) is 5.82 Å². The number of pyridine rings is 1. The van der Waals surface area contributed by atoms with Crippen LogP contribution in [0.2, 0.25) is 0 Å². The van der Waals surface area contributed by atoms with Gasteiger partial charge in [0.25, 0.3) is 0 Å². The first kappa shape index (κ1) is 11.9. The summed E-state index contributed by atoms with van der Waals surface area (Å²) >= 11 is 0. The Balaban J connectivity index is 2.25. The molecule has 6 nitrogen and oxygen atoms in total. The molecule has 1 aliphatic rings. The second kappa shape index (κ2) is 4.38. The SMILES string of the molecule is CN(C)c1nc(N2CC(O)C(O)C2)ccc1N. The molecule has 94 valence electrons. The first-order valence-corrected chi connectivity index (χ1v) is 5.54. The summed E-state index contributed by atoms with van der Waals surface area (Å²) in [6.45, 7) is 0.788. The normalized spacial score (nSPS) is 24.1. The lowest BCUT2D eigenvalue weighted by atomic mass is 10.3. The highest BCUT2D eigenvalue weighted by atomic mass is 16.3. The molecule has 0 amide bonds. The molecule has 17 heavy (non-hydrogen) atoms. The molecule has 0 aromatic carbocycles. The molecule has 1 saturated heterocycles. The highest BCUT2D eigenvalue weighted by Crippen LogP contribution is 2.25. The summed E-state index contributed by atoms with van der Waals surface area (Å²) in [4.78, 5) is 8.11.